The molecule has 0 fully saturated rings. The molecule has 1 unspecified atom stereocenters. The molecule has 2 rings (SSSR count). The van der Waals surface area contributed by atoms with Crippen molar-refractivity contribution in [1.82, 2.24) is 0 Å². The summed E-state index contributed by atoms with van der Waals surface area (Å²) < 4.78 is 5.53. The molecule has 4 nitrogen and oxygen atoms in total. The SMILES string of the molecule is O=C(O)C(Oc1ccc(CCO)cc1)c1ccccc1. The van der Waals surface area contributed by atoms with Crippen molar-refractivity contribution in [3.05, 3.63) is 65.7 Å². The Morgan fingerprint density at radius 2 is 1.70 bits per heavy atom. The fraction of sp³-hybridized carbons (Fsp3) is 0.188. The standard InChI is InChI=1S/C16H16O4/c17-11-10-12-6-8-14(9-7-12)20-15(16(18)19)13-4-2-1-3-5-13/h1-9,15,17H,10-11H2,(H,18,19). The lowest BCUT2D eigenvalue weighted by Crippen LogP contribution is -2.18. The molecule has 0 spiro atoms. The molecule has 2 N–H and O–H groups in total. The zero-order valence-corrected chi connectivity index (χ0v) is 10.9. The van der Waals surface area contributed by atoms with Crippen LogP contribution in [0.5, 0.6) is 5.75 Å². The number of carboxylic acids is 1. The van der Waals surface area contributed by atoms with E-state index in [0.29, 0.717) is 17.7 Å². The predicted octanol–water partition coefficient (Wildman–Crippen LogP) is 2.43. The van der Waals surface area contributed by atoms with Crippen molar-refractivity contribution in [3.63, 3.8) is 0 Å². The molecule has 0 radical (unpaired) electrons. The Kier molecular flexibility index (Phi) is 4.74. The highest BCUT2D eigenvalue weighted by molar-refractivity contribution is 5.74. The molecular weight excluding hydrogens is 256 g/mol. The van der Waals surface area contributed by atoms with E-state index in [1.807, 2.05) is 18.2 Å². The summed E-state index contributed by atoms with van der Waals surface area (Å²) in [5, 5.41) is 18.1. The van der Waals surface area contributed by atoms with Crippen molar-refractivity contribution in [2.75, 3.05) is 6.61 Å². The van der Waals surface area contributed by atoms with Crippen LogP contribution >= 0.6 is 0 Å². The van der Waals surface area contributed by atoms with E-state index in [1.54, 1.807) is 36.4 Å². The van der Waals surface area contributed by atoms with Gasteiger partial charge in [0, 0.05) is 12.2 Å². The molecule has 0 aliphatic rings. The second kappa shape index (κ2) is 6.73. The largest absolute Gasteiger partial charge is 0.478 e. The molecule has 104 valence electrons. The average molecular weight is 272 g/mol. The van der Waals surface area contributed by atoms with Gasteiger partial charge < -0.3 is 14.9 Å². The van der Waals surface area contributed by atoms with Crippen molar-refractivity contribution in [2.24, 2.45) is 0 Å². The topological polar surface area (TPSA) is 66.8 Å². The summed E-state index contributed by atoms with van der Waals surface area (Å²) in [6, 6.07) is 15.9. The van der Waals surface area contributed by atoms with Crippen LogP contribution in [0.25, 0.3) is 0 Å². The minimum absolute atomic E-state index is 0.0853. The Hall–Kier alpha value is -2.33. The van der Waals surface area contributed by atoms with Crippen LogP contribution in [-0.2, 0) is 11.2 Å². The zero-order chi connectivity index (χ0) is 14.4. The fourth-order valence-electron chi connectivity index (χ4n) is 1.89. The number of benzene rings is 2. The smallest absolute Gasteiger partial charge is 0.349 e. The van der Waals surface area contributed by atoms with Crippen LogP contribution in [-0.4, -0.2) is 22.8 Å². The number of rotatable bonds is 6. The van der Waals surface area contributed by atoms with E-state index in [-0.39, 0.29) is 6.61 Å². The highest BCUT2D eigenvalue weighted by Crippen LogP contribution is 2.22. The zero-order valence-electron chi connectivity index (χ0n) is 10.9. The van der Waals surface area contributed by atoms with E-state index in [1.165, 1.54) is 0 Å². The summed E-state index contributed by atoms with van der Waals surface area (Å²) >= 11 is 0. The molecule has 20 heavy (non-hydrogen) atoms. The maximum Gasteiger partial charge on any atom is 0.349 e. The predicted molar refractivity (Wildman–Crippen MR) is 74.7 cm³/mol. The Balaban J connectivity index is 2.14. The summed E-state index contributed by atoms with van der Waals surface area (Å²) in [5.41, 5.74) is 1.57. The van der Waals surface area contributed by atoms with Crippen molar-refractivity contribution >= 4 is 5.97 Å². The van der Waals surface area contributed by atoms with Gasteiger partial charge in [-0.05, 0) is 24.1 Å². The fourth-order valence-corrected chi connectivity index (χ4v) is 1.89. The molecule has 0 aromatic heterocycles. The summed E-state index contributed by atoms with van der Waals surface area (Å²) in [5.74, 6) is -0.543. The van der Waals surface area contributed by atoms with Crippen molar-refractivity contribution < 1.29 is 19.7 Å². The van der Waals surface area contributed by atoms with Crippen molar-refractivity contribution in [2.45, 2.75) is 12.5 Å². The van der Waals surface area contributed by atoms with Gasteiger partial charge in [0.25, 0.3) is 0 Å². The van der Waals surface area contributed by atoms with E-state index >= 15 is 0 Å². The molecule has 1 atom stereocenters. The third-order valence-corrected chi connectivity index (χ3v) is 2.90. The molecule has 0 aliphatic heterocycles. The van der Waals surface area contributed by atoms with E-state index in [2.05, 4.69) is 0 Å². The Morgan fingerprint density at radius 3 is 2.25 bits per heavy atom. The second-order valence-electron chi connectivity index (χ2n) is 4.36. The average Bonchev–Trinajstić information content (AvgIpc) is 2.47. The van der Waals surface area contributed by atoms with Gasteiger partial charge in [0.15, 0.2) is 0 Å². The third-order valence-electron chi connectivity index (χ3n) is 2.90. The first-order valence-corrected chi connectivity index (χ1v) is 6.35. The molecule has 0 saturated carbocycles. The second-order valence-corrected chi connectivity index (χ2v) is 4.36. The molecule has 0 heterocycles. The number of aliphatic hydroxyl groups excluding tert-OH is 1. The number of hydrogen-bond donors (Lipinski definition) is 2. The van der Waals surface area contributed by atoms with Crippen molar-refractivity contribution in [3.8, 4) is 5.75 Å². The Morgan fingerprint density at radius 1 is 1.05 bits per heavy atom. The molecule has 2 aromatic carbocycles. The van der Waals surface area contributed by atoms with Gasteiger partial charge in [-0.15, -0.1) is 0 Å². The van der Waals surface area contributed by atoms with E-state index < -0.39 is 12.1 Å². The summed E-state index contributed by atoms with van der Waals surface area (Å²) in [4.78, 5) is 11.3. The summed E-state index contributed by atoms with van der Waals surface area (Å²) in [6.45, 7) is 0.0853. The van der Waals surface area contributed by atoms with Crippen LogP contribution in [0.3, 0.4) is 0 Å². The van der Waals surface area contributed by atoms with Gasteiger partial charge in [0.05, 0.1) is 0 Å². The van der Waals surface area contributed by atoms with Gasteiger partial charge >= 0.3 is 5.97 Å². The maximum atomic E-state index is 11.3. The lowest BCUT2D eigenvalue weighted by molar-refractivity contribution is -0.145. The van der Waals surface area contributed by atoms with Gasteiger partial charge in [-0.3, -0.25) is 0 Å². The highest BCUT2D eigenvalue weighted by Gasteiger charge is 2.21. The Bertz CT molecular complexity index is 548. The molecule has 4 heteroatoms. The molecule has 0 aliphatic carbocycles. The van der Waals surface area contributed by atoms with Crippen LogP contribution in [0.4, 0.5) is 0 Å². The highest BCUT2D eigenvalue weighted by atomic mass is 16.5. The van der Waals surface area contributed by atoms with Crippen LogP contribution < -0.4 is 4.74 Å². The lowest BCUT2D eigenvalue weighted by Gasteiger charge is -2.15. The first kappa shape index (κ1) is 14.1. The van der Waals surface area contributed by atoms with Gasteiger partial charge in [-0.1, -0.05) is 42.5 Å². The van der Waals surface area contributed by atoms with E-state index in [9.17, 15) is 9.90 Å². The first-order valence-electron chi connectivity index (χ1n) is 6.35. The number of carbonyl (C=O) groups is 1. The molecule has 2 aromatic rings. The van der Waals surface area contributed by atoms with Crippen LogP contribution in [0.15, 0.2) is 54.6 Å². The number of ether oxygens (including phenoxy) is 1. The van der Waals surface area contributed by atoms with Gasteiger partial charge in [-0.25, -0.2) is 4.79 Å². The van der Waals surface area contributed by atoms with E-state index in [4.69, 9.17) is 9.84 Å². The molecule has 0 bridgehead atoms. The normalized spacial score (nSPS) is 11.8. The minimum atomic E-state index is -1.03. The van der Waals surface area contributed by atoms with Crippen LogP contribution in [0.1, 0.15) is 17.2 Å². The van der Waals surface area contributed by atoms with Crippen LogP contribution in [0.2, 0.25) is 0 Å². The summed E-state index contributed by atoms with van der Waals surface area (Å²) in [6.07, 6.45) is -0.457. The monoisotopic (exact) mass is 272 g/mol. The Labute approximate surface area is 117 Å². The minimum Gasteiger partial charge on any atom is -0.478 e. The van der Waals surface area contributed by atoms with Gasteiger partial charge in [-0.2, -0.15) is 0 Å². The molecule has 0 saturated heterocycles. The lowest BCUT2D eigenvalue weighted by atomic mass is 10.1. The van der Waals surface area contributed by atoms with Gasteiger partial charge in [0.2, 0.25) is 6.10 Å². The first-order chi connectivity index (χ1) is 9.70. The van der Waals surface area contributed by atoms with E-state index in [0.717, 1.165) is 5.56 Å². The van der Waals surface area contributed by atoms with Gasteiger partial charge in [0.1, 0.15) is 5.75 Å². The molecule has 0 amide bonds. The van der Waals surface area contributed by atoms with Crippen molar-refractivity contribution in [1.29, 1.82) is 0 Å². The summed E-state index contributed by atoms with van der Waals surface area (Å²) in [7, 11) is 0. The third kappa shape index (κ3) is 3.59. The number of aliphatic carboxylic acids is 1. The van der Waals surface area contributed by atoms with Crippen LogP contribution in [0, 0.1) is 0 Å². The molecular formula is C16H16O4. The number of aliphatic hydroxyl groups is 1. The quantitative estimate of drug-likeness (QED) is 0.847. The number of hydrogen-bond acceptors (Lipinski definition) is 3. The maximum absolute atomic E-state index is 11.3. The number of carboxylic acid groups (broad SMARTS) is 1.